The topological polar surface area (TPSA) is 3.24 Å². The summed E-state index contributed by atoms with van der Waals surface area (Å²) in [5.74, 6) is 0. The van der Waals surface area contributed by atoms with E-state index >= 15 is 0 Å². The van der Waals surface area contributed by atoms with Crippen molar-refractivity contribution in [2.75, 3.05) is 13.1 Å². The average Bonchev–Trinajstić information content (AvgIpc) is 2.14. The van der Waals surface area contributed by atoms with E-state index in [4.69, 9.17) is 0 Å². The molecule has 0 aromatic carbocycles. The van der Waals surface area contributed by atoms with Crippen molar-refractivity contribution in [1.82, 2.24) is 4.90 Å². The first kappa shape index (κ1) is 8.44. The summed E-state index contributed by atoms with van der Waals surface area (Å²) >= 11 is 0. The first-order chi connectivity index (χ1) is 3.43. The van der Waals surface area contributed by atoms with Crippen LogP contribution in [0.25, 0.3) is 0 Å². The van der Waals surface area contributed by atoms with Crippen LogP contribution in [0.15, 0.2) is 12.8 Å². The second-order valence-electron chi connectivity index (χ2n) is 1.93. The second kappa shape index (κ2) is 4.33. The van der Waals surface area contributed by atoms with Gasteiger partial charge in [-0.3, -0.25) is 0 Å². The van der Waals surface area contributed by atoms with E-state index in [1.54, 1.807) is 0 Å². The summed E-state index contributed by atoms with van der Waals surface area (Å²) in [5.41, 5.74) is 0. The van der Waals surface area contributed by atoms with Crippen LogP contribution in [0.1, 0.15) is 12.8 Å². The van der Waals surface area contributed by atoms with Gasteiger partial charge in [-0.2, -0.15) is 0 Å². The predicted octanol–water partition coefficient (Wildman–Crippen LogP) is 0.309. The van der Waals surface area contributed by atoms with Crippen molar-refractivity contribution >= 4 is 26.6 Å². The van der Waals surface area contributed by atoms with Crippen molar-refractivity contribution in [3.05, 3.63) is 12.8 Å². The fourth-order valence-electron chi connectivity index (χ4n) is 0.924. The Morgan fingerprint density at radius 3 is 2.00 bits per heavy atom. The molecular weight excluding hydrogens is 295 g/mol. The van der Waals surface area contributed by atoms with Crippen molar-refractivity contribution in [3.8, 4) is 0 Å². The Hall–Kier alpha value is 0.436. The van der Waals surface area contributed by atoms with Gasteiger partial charge in [0.05, 0.1) is 0 Å². The monoisotopic (exact) mass is 308 g/mol. The van der Waals surface area contributed by atoms with Gasteiger partial charge in [0.1, 0.15) is 0 Å². The third-order valence-electron chi connectivity index (χ3n) is 1.40. The minimum absolute atomic E-state index is 0. The molecule has 1 fully saturated rings. The van der Waals surface area contributed by atoms with Crippen LogP contribution in [0, 0.1) is 0 Å². The molecule has 0 radical (unpaired) electrons. The van der Waals surface area contributed by atoms with Crippen molar-refractivity contribution < 1.29 is 0 Å². The Labute approximate surface area is 70.2 Å². The molecule has 1 saturated heterocycles. The normalized spacial score (nSPS) is 17.8. The van der Waals surface area contributed by atoms with E-state index in [0.717, 1.165) is 0 Å². The summed E-state index contributed by atoms with van der Waals surface area (Å²) in [4.78, 5) is 2.25. The van der Waals surface area contributed by atoms with Gasteiger partial charge < -0.3 is 4.90 Å². The Kier molecular flexibility index (Phi) is 4.56. The SMILES string of the molecule is C=CN1CCCC1.[PoH2]. The fourth-order valence-corrected chi connectivity index (χ4v) is 0.924. The van der Waals surface area contributed by atoms with E-state index < -0.39 is 0 Å². The zero-order chi connectivity index (χ0) is 5.11. The van der Waals surface area contributed by atoms with E-state index in [0.29, 0.717) is 0 Å². The van der Waals surface area contributed by atoms with E-state index in [-0.39, 0.29) is 26.6 Å². The Balaban J connectivity index is 0.000000490. The van der Waals surface area contributed by atoms with Crippen LogP contribution in [-0.4, -0.2) is 44.6 Å². The third-order valence-corrected chi connectivity index (χ3v) is 1.40. The van der Waals surface area contributed by atoms with Gasteiger partial charge >= 0.3 is 26.6 Å². The average molecular weight is 308 g/mol. The second-order valence-corrected chi connectivity index (χ2v) is 1.93. The molecule has 1 nitrogen and oxygen atoms in total. The van der Waals surface area contributed by atoms with Crippen LogP contribution in [0.4, 0.5) is 0 Å². The minimum atomic E-state index is 0. The number of rotatable bonds is 1. The van der Waals surface area contributed by atoms with Gasteiger partial charge in [0.15, 0.2) is 0 Å². The Bertz CT molecular complexity index is 66.9. The predicted molar refractivity (Wildman–Crippen MR) is 39.5 cm³/mol. The molecule has 1 aliphatic rings. The molecule has 8 heavy (non-hydrogen) atoms. The van der Waals surface area contributed by atoms with Crippen molar-refractivity contribution in [2.45, 2.75) is 12.8 Å². The van der Waals surface area contributed by atoms with Crippen molar-refractivity contribution in [2.24, 2.45) is 0 Å². The van der Waals surface area contributed by atoms with Gasteiger partial charge in [0.2, 0.25) is 0 Å². The van der Waals surface area contributed by atoms with Gasteiger partial charge in [-0.25, -0.2) is 0 Å². The summed E-state index contributed by atoms with van der Waals surface area (Å²) < 4.78 is 0. The van der Waals surface area contributed by atoms with Gasteiger partial charge in [-0.15, -0.1) is 0 Å². The molecule has 0 saturated carbocycles. The first-order valence-corrected chi connectivity index (χ1v) is 2.80. The summed E-state index contributed by atoms with van der Waals surface area (Å²) in [6.07, 6.45) is 4.63. The van der Waals surface area contributed by atoms with E-state index in [9.17, 15) is 0 Å². The van der Waals surface area contributed by atoms with Gasteiger partial charge in [0.25, 0.3) is 0 Å². The molecule has 1 aliphatic heterocycles. The molecule has 0 aromatic heterocycles. The molecule has 48 valence electrons. The number of nitrogens with zero attached hydrogens (tertiary/aromatic N) is 1. The summed E-state index contributed by atoms with van der Waals surface area (Å²) in [6.45, 7) is 6.12. The van der Waals surface area contributed by atoms with Crippen LogP contribution in [0.2, 0.25) is 0 Å². The first-order valence-electron chi connectivity index (χ1n) is 2.80. The number of hydrogen-bond donors (Lipinski definition) is 0. The molecule has 0 atom stereocenters. The maximum atomic E-state index is 3.67. The zero-order valence-electron chi connectivity index (χ0n) is 5.06. The van der Waals surface area contributed by atoms with Crippen LogP contribution in [0.5, 0.6) is 0 Å². The maximum absolute atomic E-state index is 3.67. The molecule has 0 bridgehead atoms. The molecule has 0 unspecified atom stereocenters. The molecule has 0 spiro atoms. The number of hydrogen-bond acceptors (Lipinski definition) is 1. The Morgan fingerprint density at radius 1 is 1.25 bits per heavy atom. The molecule has 0 aliphatic carbocycles. The van der Waals surface area contributed by atoms with Gasteiger partial charge in [-0.1, -0.05) is 6.58 Å². The molecule has 2 heteroatoms. The molecule has 0 aromatic rings. The van der Waals surface area contributed by atoms with E-state index in [1.807, 2.05) is 6.20 Å². The summed E-state index contributed by atoms with van der Waals surface area (Å²) in [7, 11) is 0. The van der Waals surface area contributed by atoms with Crippen LogP contribution >= 0.6 is 0 Å². The molecule has 0 amide bonds. The summed E-state index contributed by atoms with van der Waals surface area (Å²) in [6, 6.07) is 0. The van der Waals surface area contributed by atoms with Gasteiger partial charge in [-0.05, 0) is 19.0 Å². The van der Waals surface area contributed by atoms with E-state index in [1.165, 1.54) is 25.9 Å². The van der Waals surface area contributed by atoms with Gasteiger partial charge in [0, 0.05) is 13.1 Å². The zero-order valence-corrected chi connectivity index (χ0v) is 8.95. The third kappa shape index (κ3) is 2.14. The van der Waals surface area contributed by atoms with Crippen LogP contribution in [-0.2, 0) is 0 Å². The Morgan fingerprint density at radius 2 is 1.75 bits per heavy atom. The molecule has 1 rings (SSSR count). The number of likely N-dealkylation sites (tertiary alicyclic amines) is 1. The van der Waals surface area contributed by atoms with E-state index in [2.05, 4.69) is 11.5 Å². The summed E-state index contributed by atoms with van der Waals surface area (Å²) in [5, 5.41) is 0. The standard InChI is InChI=1S/C6H11N.Po.2H/c1-2-7-5-3-4-6-7;;;/h2H,1,3-6H2;;;. The molecule has 0 N–H and O–H groups in total. The van der Waals surface area contributed by atoms with Crippen LogP contribution in [0.3, 0.4) is 0 Å². The van der Waals surface area contributed by atoms with Crippen molar-refractivity contribution in [3.63, 3.8) is 0 Å². The van der Waals surface area contributed by atoms with Crippen molar-refractivity contribution in [1.29, 1.82) is 0 Å². The van der Waals surface area contributed by atoms with Crippen LogP contribution < -0.4 is 0 Å². The molecule has 1 heterocycles. The molecular formula is C6H13NPo. The fraction of sp³-hybridized carbons (Fsp3) is 0.667. The quantitative estimate of drug-likeness (QED) is 0.674.